The minimum absolute atomic E-state index is 0.0819. The number of hydrogen-bond acceptors (Lipinski definition) is 11. The van der Waals surface area contributed by atoms with E-state index in [4.69, 9.17) is 29.4 Å². The summed E-state index contributed by atoms with van der Waals surface area (Å²) in [5.41, 5.74) is 7.81. The molecule has 3 aliphatic rings. The van der Waals surface area contributed by atoms with Crippen molar-refractivity contribution in [2.45, 2.75) is 44.1 Å². The second-order valence-electron chi connectivity index (χ2n) is 11.8. The molecule has 7 N–H and O–H groups in total. The Morgan fingerprint density at radius 2 is 1.46 bits per heavy atom. The van der Waals surface area contributed by atoms with Crippen molar-refractivity contribution in [1.82, 2.24) is 21.3 Å². The van der Waals surface area contributed by atoms with E-state index in [2.05, 4.69) is 21.3 Å². The zero-order valence-corrected chi connectivity index (χ0v) is 26.7. The number of amides is 2. The number of phenolic OH excluding ortho intramolecular Hbond substituents is 1. The molecule has 0 aromatic heterocycles. The fourth-order valence-electron chi connectivity index (χ4n) is 6.59. The van der Waals surface area contributed by atoms with Crippen LogP contribution in [0.2, 0.25) is 0 Å². The van der Waals surface area contributed by atoms with Gasteiger partial charge in [-0.2, -0.15) is 0 Å². The highest BCUT2D eigenvalue weighted by Crippen LogP contribution is 2.55. The lowest BCUT2D eigenvalue weighted by Crippen LogP contribution is -2.46. The van der Waals surface area contributed by atoms with E-state index in [1.165, 1.54) is 14.2 Å². The molecule has 1 fully saturated rings. The van der Waals surface area contributed by atoms with Crippen molar-refractivity contribution < 1.29 is 38.4 Å². The average molecular weight is 642 g/mol. The highest BCUT2D eigenvalue weighted by molar-refractivity contribution is 5.80. The lowest BCUT2D eigenvalue weighted by Gasteiger charge is -2.39. The molecule has 2 amide bonds. The summed E-state index contributed by atoms with van der Waals surface area (Å²) in [7, 11) is 2.91. The van der Waals surface area contributed by atoms with Gasteiger partial charge in [-0.15, -0.1) is 0 Å². The molecule has 1 aliphatic carbocycles. The average Bonchev–Trinajstić information content (AvgIpc) is 3.68. The fraction of sp³-hybridized carbons (Fsp3) is 0.576. The van der Waals surface area contributed by atoms with Crippen molar-refractivity contribution in [3.63, 3.8) is 0 Å². The van der Waals surface area contributed by atoms with Gasteiger partial charge in [0.2, 0.25) is 12.5 Å². The summed E-state index contributed by atoms with van der Waals surface area (Å²) in [6.45, 7) is 5.33. The Balaban J connectivity index is 1.23. The molecule has 46 heavy (non-hydrogen) atoms. The SMILES string of the molecule is COc1cc(C2c3cc4c(cc3C(NC(=O)NCCCCNCCCCNCCCN)C3COC(=O)C23)OCO4)cc(OC)c1O. The second-order valence-corrected chi connectivity index (χ2v) is 11.8. The lowest BCUT2D eigenvalue weighted by atomic mass is 9.65. The van der Waals surface area contributed by atoms with Gasteiger partial charge in [0.15, 0.2) is 23.0 Å². The summed E-state index contributed by atoms with van der Waals surface area (Å²) in [6.07, 6.45) is 5.03. The molecule has 0 saturated carbocycles. The first-order valence-corrected chi connectivity index (χ1v) is 16.2. The second kappa shape index (κ2) is 16.1. The number of cyclic esters (lactones) is 1. The Morgan fingerprint density at radius 1 is 0.870 bits per heavy atom. The van der Waals surface area contributed by atoms with Crippen LogP contribution in [-0.4, -0.2) is 84.0 Å². The van der Waals surface area contributed by atoms with E-state index >= 15 is 0 Å². The van der Waals surface area contributed by atoms with Crippen LogP contribution in [0.5, 0.6) is 28.7 Å². The van der Waals surface area contributed by atoms with E-state index in [-0.39, 0.29) is 48.6 Å². The van der Waals surface area contributed by atoms with Crippen LogP contribution in [-0.2, 0) is 9.53 Å². The third kappa shape index (κ3) is 7.54. The number of methoxy groups -OCH3 is 2. The maximum atomic E-state index is 13.3. The molecule has 2 aromatic rings. The number of fused-ring (bicyclic) bond motifs is 3. The number of carbonyl (C=O) groups is 2. The van der Waals surface area contributed by atoms with E-state index in [9.17, 15) is 14.7 Å². The molecule has 0 radical (unpaired) electrons. The molecule has 13 nitrogen and oxygen atoms in total. The highest BCUT2D eigenvalue weighted by Gasteiger charge is 2.53. The van der Waals surface area contributed by atoms with Crippen molar-refractivity contribution in [3.05, 3.63) is 41.0 Å². The molecule has 0 spiro atoms. The summed E-state index contributed by atoms with van der Waals surface area (Å²) < 4.78 is 27.9. The maximum Gasteiger partial charge on any atom is 0.315 e. The molecule has 0 bridgehead atoms. The zero-order chi connectivity index (χ0) is 32.5. The fourth-order valence-corrected chi connectivity index (χ4v) is 6.59. The van der Waals surface area contributed by atoms with Crippen molar-refractivity contribution in [3.8, 4) is 28.7 Å². The number of phenols is 1. The number of nitrogens with two attached hydrogens (primary N) is 1. The summed E-state index contributed by atoms with van der Waals surface area (Å²) in [5.74, 6) is -0.337. The Kier molecular flexibility index (Phi) is 11.7. The quantitative estimate of drug-likeness (QED) is 0.111. The van der Waals surface area contributed by atoms with Gasteiger partial charge in [-0.1, -0.05) is 0 Å². The van der Waals surface area contributed by atoms with Gasteiger partial charge in [0.05, 0.1) is 32.8 Å². The number of benzene rings is 2. The van der Waals surface area contributed by atoms with Crippen LogP contribution >= 0.6 is 0 Å². The minimum atomic E-state index is -0.607. The van der Waals surface area contributed by atoms with Gasteiger partial charge in [0, 0.05) is 18.4 Å². The Labute approximate surface area is 269 Å². The molecule has 2 aliphatic heterocycles. The van der Waals surface area contributed by atoms with Crippen LogP contribution in [0.1, 0.15) is 60.8 Å². The lowest BCUT2D eigenvalue weighted by molar-refractivity contribution is -0.141. The van der Waals surface area contributed by atoms with Crippen molar-refractivity contribution in [2.75, 3.05) is 66.9 Å². The first-order valence-electron chi connectivity index (χ1n) is 16.2. The van der Waals surface area contributed by atoms with E-state index < -0.39 is 17.9 Å². The zero-order valence-electron chi connectivity index (χ0n) is 26.7. The molecular formula is C33H47N5O8. The first-order chi connectivity index (χ1) is 22.5. The predicted molar refractivity (Wildman–Crippen MR) is 171 cm³/mol. The third-order valence-electron chi connectivity index (χ3n) is 8.92. The maximum absolute atomic E-state index is 13.3. The first kappa shape index (κ1) is 33.4. The van der Waals surface area contributed by atoms with Crippen LogP contribution in [0.4, 0.5) is 4.79 Å². The molecule has 2 aromatic carbocycles. The smallest absolute Gasteiger partial charge is 0.315 e. The number of aromatic hydroxyl groups is 1. The molecule has 252 valence electrons. The van der Waals surface area contributed by atoms with Crippen LogP contribution < -0.4 is 45.9 Å². The van der Waals surface area contributed by atoms with Crippen LogP contribution in [0.3, 0.4) is 0 Å². The molecular weight excluding hydrogens is 594 g/mol. The molecule has 4 atom stereocenters. The monoisotopic (exact) mass is 641 g/mol. The summed E-state index contributed by atoms with van der Waals surface area (Å²) in [5, 5.41) is 23.5. The van der Waals surface area contributed by atoms with Crippen molar-refractivity contribution in [1.29, 1.82) is 0 Å². The van der Waals surface area contributed by atoms with E-state index in [0.717, 1.165) is 76.0 Å². The van der Waals surface area contributed by atoms with Gasteiger partial charge >= 0.3 is 12.0 Å². The summed E-state index contributed by atoms with van der Waals surface area (Å²) >= 11 is 0. The number of ether oxygens (including phenoxy) is 5. The van der Waals surface area contributed by atoms with Gasteiger partial charge in [-0.3, -0.25) is 4.79 Å². The highest BCUT2D eigenvalue weighted by atomic mass is 16.7. The van der Waals surface area contributed by atoms with E-state index in [0.29, 0.717) is 23.6 Å². The third-order valence-corrected chi connectivity index (χ3v) is 8.92. The number of hydrogen-bond donors (Lipinski definition) is 6. The van der Waals surface area contributed by atoms with Gasteiger partial charge < -0.3 is 55.8 Å². The Morgan fingerprint density at radius 3 is 2.07 bits per heavy atom. The molecule has 2 heterocycles. The van der Waals surface area contributed by atoms with Gasteiger partial charge in [-0.25, -0.2) is 4.79 Å². The molecule has 1 saturated heterocycles. The predicted octanol–water partition coefficient (Wildman–Crippen LogP) is 2.50. The van der Waals surface area contributed by atoms with E-state index in [1.807, 2.05) is 12.1 Å². The van der Waals surface area contributed by atoms with Gasteiger partial charge in [-0.05, 0) is 106 Å². The van der Waals surface area contributed by atoms with Crippen LogP contribution in [0.15, 0.2) is 24.3 Å². The van der Waals surface area contributed by atoms with Crippen molar-refractivity contribution in [2.24, 2.45) is 17.6 Å². The topological polar surface area (TPSA) is 175 Å². The van der Waals surface area contributed by atoms with Gasteiger partial charge in [0.1, 0.15) is 0 Å². The number of urea groups is 1. The largest absolute Gasteiger partial charge is 0.502 e. The van der Waals surface area contributed by atoms with Crippen LogP contribution in [0.25, 0.3) is 0 Å². The van der Waals surface area contributed by atoms with Crippen LogP contribution in [0, 0.1) is 11.8 Å². The number of esters is 1. The molecule has 13 heteroatoms. The standard InChI is InChI=1S/C33H47N5O8/c1-42-26-14-20(15-27(43-2)31(26)39)28-21-16-24-25(46-19-45-24)17-22(21)30(23-18-44-32(40)29(23)28)38-33(41)37-13-6-5-11-35-9-3-4-10-36-12-7-8-34/h14-17,23,28-30,35-36,39H,3-13,18-19,34H2,1-2H3,(H2,37,38,41). The van der Waals surface area contributed by atoms with Gasteiger partial charge in [0.25, 0.3) is 0 Å². The molecule has 5 rings (SSSR count). The number of rotatable bonds is 17. The number of carbonyl (C=O) groups excluding carboxylic acids is 2. The molecule has 4 unspecified atom stereocenters. The Bertz CT molecular complexity index is 1330. The summed E-state index contributed by atoms with van der Waals surface area (Å²) in [6, 6.07) is 6.34. The summed E-state index contributed by atoms with van der Waals surface area (Å²) in [4.78, 5) is 26.5. The normalized spacial score (nSPS) is 20.9. The van der Waals surface area contributed by atoms with Crippen molar-refractivity contribution >= 4 is 12.0 Å². The Hall–Kier alpha value is -3.94. The number of unbranched alkanes of at least 4 members (excludes halogenated alkanes) is 2. The minimum Gasteiger partial charge on any atom is -0.502 e. The number of nitrogens with one attached hydrogen (secondary N) is 4. The van der Waals surface area contributed by atoms with E-state index in [1.54, 1.807) is 12.1 Å².